The van der Waals surface area contributed by atoms with Crippen LogP contribution in [0.25, 0.3) is 0 Å². The van der Waals surface area contributed by atoms with Gasteiger partial charge in [0, 0.05) is 17.2 Å². The van der Waals surface area contributed by atoms with E-state index < -0.39 is 0 Å². The second-order valence-corrected chi connectivity index (χ2v) is 4.67. The first kappa shape index (κ1) is 11.2. The first-order chi connectivity index (χ1) is 7.78. The second kappa shape index (κ2) is 5.17. The number of benzene rings is 2. The van der Waals surface area contributed by atoms with Gasteiger partial charge in [-0.25, -0.2) is 0 Å². The van der Waals surface area contributed by atoms with Gasteiger partial charge >= 0.3 is 0 Å². The molecule has 1 nitrogen and oxygen atoms in total. The highest BCUT2D eigenvalue weighted by Gasteiger charge is 1.96. The van der Waals surface area contributed by atoms with E-state index in [4.69, 9.17) is 0 Å². The fourth-order valence-electron chi connectivity index (χ4n) is 1.63. The molecule has 0 amide bonds. The van der Waals surface area contributed by atoms with Crippen LogP contribution >= 0.6 is 15.9 Å². The molecule has 0 saturated heterocycles. The highest BCUT2D eigenvalue weighted by atomic mass is 79.9. The van der Waals surface area contributed by atoms with E-state index in [2.05, 4.69) is 69.8 Å². The zero-order valence-electron chi connectivity index (χ0n) is 9.20. The molecule has 0 radical (unpaired) electrons. The molecule has 2 aromatic rings. The molecule has 0 aromatic heterocycles. The highest BCUT2D eigenvalue weighted by Crippen LogP contribution is 2.15. The molecule has 16 heavy (non-hydrogen) atoms. The molecule has 0 bridgehead atoms. The van der Waals surface area contributed by atoms with Gasteiger partial charge in [-0.2, -0.15) is 0 Å². The van der Waals surface area contributed by atoms with Crippen molar-refractivity contribution in [1.29, 1.82) is 0 Å². The Hall–Kier alpha value is -1.28. The van der Waals surface area contributed by atoms with Crippen LogP contribution in [0.3, 0.4) is 0 Å². The maximum Gasteiger partial charge on any atom is 0.0337 e. The number of hydrogen-bond acceptors (Lipinski definition) is 1. The summed E-state index contributed by atoms with van der Waals surface area (Å²) in [4.78, 5) is 0. The molecule has 82 valence electrons. The van der Waals surface area contributed by atoms with E-state index in [0.717, 1.165) is 16.6 Å². The third kappa shape index (κ3) is 2.86. The molecule has 0 aliphatic carbocycles. The smallest absolute Gasteiger partial charge is 0.0337 e. The van der Waals surface area contributed by atoms with Crippen LogP contribution in [-0.2, 0) is 6.42 Å². The highest BCUT2D eigenvalue weighted by molar-refractivity contribution is 9.10. The Morgan fingerprint density at radius 2 is 1.38 bits per heavy atom. The Morgan fingerprint density at radius 3 is 1.88 bits per heavy atom. The molecule has 2 aromatic carbocycles. The summed E-state index contributed by atoms with van der Waals surface area (Å²) in [5.74, 6) is 0. The second-order valence-electron chi connectivity index (χ2n) is 3.75. The van der Waals surface area contributed by atoms with E-state index >= 15 is 0 Å². The Labute approximate surface area is 105 Å². The number of rotatable bonds is 3. The Kier molecular flexibility index (Phi) is 3.62. The van der Waals surface area contributed by atoms with Gasteiger partial charge in [-0.1, -0.05) is 40.2 Å². The summed E-state index contributed by atoms with van der Waals surface area (Å²) in [5, 5.41) is 3.12. The van der Waals surface area contributed by atoms with Gasteiger partial charge < -0.3 is 5.32 Å². The molecule has 0 atom stereocenters. The van der Waals surface area contributed by atoms with Crippen molar-refractivity contribution in [2.24, 2.45) is 0 Å². The predicted molar refractivity (Wildman–Crippen MR) is 72.9 cm³/mol. The fourth-order valence-corrected chi connectivity index (χ4v) is 1.89. The third-order valence-corrected chi connectivity index (χ3v) is 3.09. The summed E-state index contributed by atoms with van der Waals surface area (Å²) in [6.07, 6.45) is 0.983. The van der Waals surface area contributed by atoms with Crippen LogP contribution in [0.4, 0.5) is 5.69 Å². The molecule has 0 aliphatic rings. The minimum absolute atomic E-state index is 0.983. The maximum atomic E-state index is 3.44. The summed E-state index contributed by atoms with van der Waals surface area (Å²) in [6, 6.07) is 17.0. The molecule has 2 heteroatoms. The van der Waals surface area contributed by atoms with E-state index in [1.165, 1.54) is 11.1 Å². The Bertz CT molecular complexity index is 445. The SMILES string of the molecule is CNc1ccc(Cc2ccc(Br)cc2)cc1. The molecular weight excluding hydrogens is 262 g/mol. The van der Waals surface area contributed by atoms with Crippen molar-refractivity contribution in [1.82, 2.24) is 0 Å². The standard InChI is InChI=1S/C14H14BrN/c1-16-14-8-4-12(5-9-14)10-11-2-6-13(15)7-3-11/h2-9,16H,10H2,1H3. The minimum atomic E-state index is 0.983. The van der Waals surface area contributed by atoms with Crippen LogP contribution in [0.1, 0.15) is 11.1 Å². The zero-order valence-corrected chi connectivity index (χ0v) is 10.8. The van der Waals surface area contributed by atoms with Gasteiger partial charge in [0.05, 0.1) is 0 Å². The molecular formula is C14H14BrN. The molecule has 0 heterocycles. The minimum Gasteiger partial charge on any atom is -0.388 e. The number of nitrogens with one attached hydrogen (secondary N) is 1. The average molecular weight is 276 g/mol. The summed E-state index contributed by atoms with van der Waals surface area (Å²) >= 11 is 3.44. The van der Waals surface area contributed by atoms with Gasteiger partial charge in [-0.3, -0.25) is 0 Å². The topological polar surface area (TPSA) is 12.0 Å². The van der Waals surface area contributed by atoms with E-state index in [1.807, 2.05) is 7.05 Å². The van der Waals surface area contributed by atoms with Gasteiger partial charge in [0.15, 0.2) is 0 Å². The van der Waals surface area contributed by atoms with Crippen molar-refractivity contribution in [3.63, 3.8) is 0 Å². The van der Waals surface area contributed by atoms with Crippen LogP contribution in [0, 0.1) is 0 Å². The maximum absolute atomic E-state index is 3.44. The molecule has 0 fully saturated rings. The Balaban J connectivity index is 2.11. The number of anilines is 1. The van der Waals surface area contributed by atoms with Crippen LogP contribution in [0.2, 0.25) is 0 Å². The van der Waals surface area contributed by atoms with Crippen molar-refractivity contribution in [3.8, 4) is 0 Å². The third-order valence-electron chi connectivity index (χ3n) is 2.56. The van der Waals surface area contributed by atoms with Crippen molar-refractivity contribution >= 4 is 21.6 Å². The lowest BCUT2D eigenvalue weighted by Gasteiger charge is -2.04. The van der Waals surface area contributed by atoms with Crippen LogP contribution in [0.15, 0.2) is 53.0 Å². The predicted octanol–water partition coefficient (Wildman–Crippen LogP) is 4.08. The van der Waals surface area contributed by atoms with Crippen molar-refractivity contribution in [3.05, 3.63) is 64.1 Å². The summed E-state index contributed by atoms with van der Waals surface area (Å²) in [5.41, 5.74) is 3.82. The molecule has 1 N–H and O–H groups in total. The molecule has 0 aliphatic heterocycles. The van der Waals surface area contributed by atoms with Gasteiger partial charge in [0.2, 0.25) is 0 Å². The van der Waals surface area contributed by atoms with E-state index in [1.54, 1.807) is 0 Å². The lowest BCUT2D eigenvalue weighted by atomic mass is 10.1. The first-order valence-electron chi connectivity index (χ1n) is 5.29. The normalized spacial score (nSPS) is 10.1. The Morgan fingerprint density at radius 1 is 0.875 bits per heavy atom. The fraction of sp³-hybridized carbons (Fsp3) is 0.143. The van der Waals surface area contributed by atoms with Gasteiger partial charge in [0.1, 0.15) is 0 Å². The monoisotopic (exact) mass is 275 g/mol. The van der Waals surface area contributed by atoms with E-state index in [-0.39, 0.29) is 0 Å². The van der Waals surface area contributed by atoms with Crippen LogP contribution in [-0.4, -0.2) is 7.05 Å². The molecule has 2 rings (SSSR count). The molecule has 0 saturated carbocycles. The quantitative estimate of drug-likeness (QED) is 0.890. The van der Waals surface area contributed by atoms with Gasteiger partial charge in [-0.05, 0) is 41.8 Å². The van der Waals surface area contributed by atoms with Gasteiger partial charge in [-0.15, -0.1) is 0 Å². The molecule has 0 spiro atoms. The van der Waals surface area contributed by atoms with E-state index in [0.29, 0.717) is 0 Å². The van der Waals surface area contributed by atoms with Crippen molar-refractivity contribution in [2.75, 3.05) is 12.4 Å². The largest absolute Gasteiger partial charge is 0.388 e. The summed E-state index contributed by atoms with van der Waals surface area (Å²) < 4.78 is 1.13. The number of halogens is 1. The average Bonchev–Trinajstić information content (AvgIpc) is 2.33. The van der Waals surface area contributed by atoms with Crippen molar-refractivity contribution in [2.45, 2.75) is 6.42 Å². The van der Waals surface area contributed by atoms with Crippen LogP contribution < -0.4 is 5.32 Å². The van der Waals surface area contributed by atoms with Crippen molar-refractivity contribution < 1.29 is 0 Å². The number of hydrogen-bond donors (Lipinski definition) is 1. The lowest BCUT2D eigenvalue weighted by Crippen LogP contribution is -1.90. The first-order valence-corrected chi connectivity index (χ1v) is 6.08. The van der Waals surface area contributed by atoms with Crippen LogP contribution in [0.5, 0.6) is 0 Å². The zero-order chi connectivity index (χ0) is 11.4. The lowest BCUT2D eigenvalue weighted by molar-refractivity contribution is 1.19. The molecule has 0 unspecified atom stereocenters. The van der Waals surface area contributed by atoms with Gasteiger partial charge in [0.25, 0.3) is 0 Å². The summed E-state index contributed by atoms with van der Waals surface area (Å²) in [6.45, 7) is 0. The van der Waals surface area contributed by atoms with E-state index in [9.17, 15) is 0 Å². The summed E-state index contributed by atoms with van der Waals surface area (Å²) in [7, 11) is 1.93.